The van der Waals surface area contributed by atoms with Gasteiger partial charge in [0.1, 0.15) is 0 Å². The maximum atomic E-state index is 12.5. The summed E-state index contributed by atoms with van der Waals surface area (Å²) in [5.41, 5.74) is 2.11. The fourth-order valence-corrected chi connectivity index (χ4v) is 5.53. The molecule has 1 aromatic carbocycles. The van der Waals surface area contributed by atoms with Crippen molar-refractivity contribution in [3.05, 3.63) is 44.1 Å². The van der Waals surface area contributed by atoms with E-state index in [2.05, 4.69) is 11.8 Å². The predicted molar refractivity (Wildman–Crippen MR) is 111 cm³/mol. The summed E-state index contributed by atoms with van der Waals surface area (Å²) in [6.45, 7) is 5.04. The van der Waals surface area contributed by atoms with E-state index >= 15 is 0 Å². The lowest BCUT2D eigenvalue weighted by Crippen LogP contribution is -2.49. The Morgan fingerprint density at radius 3 is 2.54 bits per heavy atom. The van der Waals surface area contributed by atoms with Crippen LogP contribution in [0.25, 0.3) is 10.2 Å². The molecule has 2 aromatic heterocycles. The minimum Gasteiger partial charge on any atom is -0.345 e. The third kappa shape index (κ3) is 3.56. The highest BCUT2D eigenvalue weighted by Gasteiger charge is 2.24. The molecule has 0 unspecified atom stereocenters. The van der Waals surface area contributed by atoms with Crippen LogP contribution >= 0.6 is 45.9 Å². The SMILES string of the molecule is Cc1ccc(Cl)c2sc(N3CCN(C(=O)Cc4ccc(Cl)s4)CC3)nc12. The van der Waals surface area contributed by atoms with E-state index in [1.807, 2.05) is 29.2 Å². The molecule has 0 saturated carbocycles. The van der Waals surface area contributed by atoms with Gasteiger partial charge in [-0.15, -0.1) is 11.3 Å². The van der Waals surface area contributed by atoms with Gasteiger partial charge in [0.15, 0.2) is 5.13 Å². The van der Waals surface area contributed by atoms with Crippen molar-refractivity contribution < 1.29 is 4.79 Å². The predicted octanol–water partition coefficient (Wildman–Crippen LogP) is 4.86. The Kier molecular flexibility index (Phi) is 5.10. The number of carbonyl (C=O) groups is 1. The number of piperazine rings is 1. The van der Waals surface area contributed by atoms with E-state index in [9.17, 15) is 4.79 Å². The van der Waals surface area contributed by atoms with Gasteiger partial charge in [-0.1, -0.05) is 40.6 Å². The summed E-state index contributed by atoms with van der Waals surface area (Å²) in [4.78, 5) is 22.5. The highest BCUT2D eigenvalue weighted by molar-refractivity contribution is 7.22. The van der Waals surface area contributed by atoms with E-state index in [0.717, 1.165) is 48.2 Å². The molecule has 1 fully saturated rings. The van der Waals surface area contributed by atoms with Gasteiger partial charge in [-0.05, 0) is 30.7 Å². The Morgan fingerprint density at radius 1 is 1.12 bits per heavy atom. The molecule has 4 rings (SSSR count). The first kappa shape index (κ1) is 18.0. The summed E-state index contributed by atoms with van der Waals surface area (Å²) in [7, 11) is 0. The molecule has 1 amide bonds. The number of hydrogen-bond acceptors (Lipinski definition) is 5. The summed E-state index contributed by atoms with van der Waals surface area (Å²) in [6.07, 6.45) is 0.424. The fraction of sp³-hybridized carbons (Fsp3) is 0.333. The van der Waals surface area contributed by atoms with Crippen LogP contribution in [-0.4, -0.2) is 42.0 Å². The highest BCUT2D eigenvalue weighted by Crippen LogP contribution is 2.35. The normalized spacial score (nSPS) is 15.0. The number of benzene rings is 1. The maximum Gasteiger partial charge on any atom is 0.227 e. The zero-order chi connectivity index (χ0) is 18.3. The standard InChI is InChI=1S/C18H17Cl2N3OS2/c1-11-2-4-13(19)17-16(11)21-18(26-17)23-8-6-22(7-9-23)15(24)10-12-3-5-14(20)25-12/h2-5H,6-10H2,1H3. The number of nitrogens with zero attached hydrogens (tertiary/aromatic N) is 3. The number of thiazole rings is 1. The van der Waals surface area contributed by atoms with E-state index in [0.29, 0.717) is 19.5 Å². The fourth-order valence-electron chi connectivity index (χ4n) is 3.08. The molecule has 136 valence electrons. The second-order valence-corrected chi connectivity index (χ2v) is 9.47. The van der Waals surface area contributed by atoms with Crippen LogP contribution in [0.1, 0.15) is 10.4 Å². The van der Waals surface area contributed by atoms with Crippen LogP contribution in [0.5, 0.6) is 0 Å². The van der Waals surface area contributed by atoms with Gasteiger partial charge in [-0.25, -0.2) is 4.98 Å². The van der Waals surface area contributed by atoms with Crippen molar-refractivity contribution in [1.29, 1.82) is 0 Å². The van der Waals surface area contributed by atoms with E-state index in [1.165, 1.54) is 11.3 Å². The molecule has 26 heavy (non-hydrogen) atoms. The number of anilines is 1. The zero-order valence-corrected chi connectivity index (χ0v) is 17.3. The molecule has 0 aliphatic carbocycles. The summed E-state index contributed by atoms with van der Waals surface area (Å²) in [6, 6.07) is 7.69. The van der Waals surface area contributed by atoms with Crippen LogP contribution in [0, 0.1) is 6.92 Å². The number of thiophene rings is 1. The van der Waals surface area contributed by atoms with Crippen LogP contribution in [0.4, 0.5) is 5.13 Å². The molecule has 1 aliphatic heterocycles. The van der Waals surface area contributed by atoms with Crippen LogP contribution in [0.15, 0.2) is 24.3 Å². The molecular formula is C18H17Cl2N3OS2. The minimum absolute atomic E-state index is 0.159. The van der Waals surface area contributed by atoms with E-state index in [4.69, 9.17) is 28.2 Å². The van der Waals surface area contributed by atoms with E-state index in [-0.39, 0.29) is 5.91 Å². The Balaban J connectivity index is 1.42. The zero-order valence-electron chi connectivity index (χ0n) is 14.2. The van der Waals surface area contributed by atoms with Gasteiger partial charge in [-0.2, -0.15) is 0 Å². The lowest BCUT2D eigenvalue weighted by Gasteiger charge is -2.34. The molecular weight excluding hydrogens is 409 g/mol. The second kappa shape index (κ2) is 7.35. The summed E-state index contributed by atoms with van der Waals surface area (Å²) >= 11 is 15.4. The van der Waals surface area contributed by atoms with Crippen molar-refractivity contribution >= 4 is 67.1 Å². The second-order valence-electron chi connectivity index (χ2n) is 6.29. The lowest BCUT2D eigenvalue weighted by atomic mass is 10.2. The summed E-state index contributed by atoms with van der Waals surface area (Å²) < 4.78 is 1.76. The van der Waals surface area contributed by atoms with E-state index in [1.54, 1.807) is 11.3 Å². The van der Waals surface area contributed by atoms with Gasteiger partial charge < -0.3 is 9.80 Å². The first-order valence-corrected chi connectivity index (χ1v) is 10.7. The van der Waals surface area contributed by atoms with Gasteiger partial charge in [0, 0.05) is 31.1 Å². The Bertz CT molecular complexity index is 922. The third-order valence-electron chi connectivity index (χ3n) is 4.54. The maximum absolute atomic E-state index is 12.5. The first-order chi connectivity index (χ1) is 12.5. The third-order valence-corrected chi connectivity index (χ3v) is 7.35. The van der Waals surface area contributed by atoms with Crippen LogP contribution < -0.4 is 4.90 Å². The van der Waals surface area contributed by atoms with Crippen molar-refractivity contribution in [3.63, 3.8) is 0 Å². The molecule has 0 spiro atoms. The topological polar surface area (TPSA) is 36.4 Å². The molecule has 8 heteroatoms. The van der Waals surface area contributed by atoms with Gasteiger partial charge >= 0.3 is 0 Å². The first-order valence-electron chi connectivity index (χ1n) is 8.34. The summed E-state index contributed by atoms with van der Waals surface area (Å²) in [5, 5.41) is 1.73. The van der Waals surface area contributed by atoms with Crippen LogP contribution in [-0.2, 0) is 11.2 Å². The molecule has 1 aliphatic rings. The summed E-state index contributed by atoms with van der Waals surface area (Å²) in [5.74, 6) is 0.159. The Hall–Kier alpha value is -1.34. The minimum atomic E-state index is 0.159. The quantitative estimate of drug-likeness (QED) is 0.600. The van der Waals surface area contributed by atoms with Crippen LogP contribution in [0.3, 0.4) is 0 Å². The molecule has 0 bridgehead atoms. The molecule has 1 saturated heterocycles. The van der Waals surface area contributed by atoms with Gasteiger partial charge in [-0.3, -0.25) is 4.79 Å². The number of rotatable bonds is 3. The number of aryl methyl sites for hydroxylation is 1. The molecule has 0 N–H and O–H groups in total. The number of aromatic nitrogens is 1. The molecule has 0 radical (unpaired) electrons. The lowest BCUT2D eigenvalue weighted by molar-refractivity contribution is -0.130. The van der Waals surface area contributed by atoms with Gasteiger partial charge in [0.2, 0.25) is 5.91 Å². The number of carbonyl (C=O) groups excluding carboxylic acids is 1. The monoisotopic (exact) mass is 425 g/mol. The largest absolute Gasteiger partial charge is 0.345 e. The average Bonchev–Trinajstić information content (AvgIpc) is 3.26. The number of halogens is 2. The van der Waals surface area contributed by atoms with Crippen molar-refractivity contribution in [1.82, 2.24) is 9.88 Å². The van der Waals surface area contributed by atoms with Crippen molar-refractivity contribution in [2.75, 3.05) is 31.1 Å². The smallest absolute Gasteiger partial charge is 0.227 e. The average molecular weight is 426 g/mol. The van der Waals surface area contributed by atoms with Crippen molar-refractivity contribution in [2.24, 2.45) is 0 Å². The number of amides is 1. The van der Waals surface area contributed by atoms with Gasteiger partial charge in [0.05, 0.1) is 26.0 Å². The van der Waals surface area contributed by atoms with Gasteiger partial charge in [0.25, 0.3) is 0 Å². The number of fused-ring (bicyclic) bond motifs is 1. The van der Waals surface area contributed by atoms with Crippen LogP contribution in [0.2, 0.25) is 9.36 Å². The molecule has 4 nitrogen and oxygen atoms in total. The Morgan fingerprint density at radius 2 is 1.88 bits per heavy atom. The highest BCUT2D eigenvalue weighted by atomic mass is 35.5. The van der Waals surface area contributed by atoms with E-state index < -0.39 is 0 Å². The van der Waals surface area contributed by atoms with Crippen molar-refractivity contribution in [2.45, 2.75) is 13.3 Å². The molecule has 3 aromatic rings. The Labute approximate surface area is 170 Å². The molecule has 3 heterocycles. The number of hydrogen-bond donors (Lipinski definition) is 0. The molecule has 0 atom stereocenters. The van der Waals surface area contributed by atoms with Crippen molar-refractivity contribution in [3.8, 4) is 0 Å².